The molecule has 2 aromatic rings. The zero-order valence-electron chi connectivity index (χ0n) is 16.5. The predicted octanol–water partition coefficient (Wildman–Crippen LogP) is 0.805. The Hall–Kier alpha value is -2.84. The smallest absolute Gasteiger partial charge is 0.352 e. The number of β-lactam (4-membered cyclic amide) rings is 1. The molecule has 0 aromatic carbocycles. The predicted molar refractivity (Wildman–Crippen MR) is 116 cm³/mol. The number of carbonyl (C=O) groups excluding carboxylic acids is 2. The highest BCUT2D eigenvalue weighted by atomic mass is 32.2. The lowest BCUT2D eigenvalue weighted by Crippen LogP contribution is -2.71. The van der Waals surface area contributed by atoms with Crippen molar-refractivity contribution in [1.82, 2.24) is 25.0 Å². The normalized spacial score (nSPS) is 21.0. The highest BCUT2D eigenvalue weighted by Gasteiger charge is 2.54. The number of hydrogen-bond donors (Lipinski definition) is 3. The van der Waals surface area contributed by atoms with Crippen molar-refractivity contribution in [2.24, 2.45) is 0 Å². The number of nitrogens with one attached hydrogen (secondary N) is 1. The Labute approximate surface area is 193 Å². The lowest BCUT2D eigenvalue weighted by Gasteiger charge is -2.49. The van der Waals surface area contributed by atoms with Gasteiger partial charge in [0.1, 0.15) is 22.1 Å². The molecule has 168 valence electrons. The van der Waals surface area contributed by atoms with Crippen LogP contribution in [0.25, 0.3) is 0 Å². The molecule has 1 fully saturated rings. The molecule has 14 heteroatoms. The standard InChI is InChI=1S/C18H17N5O6S3/c1-8-20-21-18(32-8)31-7-9-6-30-15-10(14(25)23(15)11(9)16(26)27)19-13(24)12(17(28)29)22-4-2-3-5-22/h2-5,10,12,15H,6-7H2,1H3,(H,19,24)(H,26,27)(H,28,29). The van der Waals surface area contributed by atoms with Crippen molar-refractivity contribution in [3.63, 3.8) is 0 Å². The fourth-order valence-corrected chi connectivity index (χ4v) is 6.71. The molecule has 4 rings (SSSR count). The van der Waals surface area contributed by atoms with Gasteiger partial charge in [-0.05, 0) is 24.6 Å². The van der Waals surface area contributed by atoms with Crippen LogP contribution in [0.5, 0.6) is 0 Å². The van der Waals surface area contributed by atoms with Gasteiger partial charge < -0.3 is 20.1 Å². The fourth-order valence-electron chi connectivity index (χ4n) is 3.41. The van der Waals surface area contributed by atoms with E-state index in [1.165, 1.54) is 51.8 Å². The number of hydrogen-bond acceptors (Lipinski definition) is 9. The second-order valence-corrected chi connectivity index (χ2v) is 10.4. The molecule has 0 spiro atoms. The van der Waals surface area contributed by atoms with Crippen LogP contribution in [0.1, 0.15) is 11.0 Å². The van der Waals surface area contributed by atoms with Crippen LogP contribution in [0.4, 0.5) is 0 Å². The van der Waals surface area contributed by atoms with Crippen molar-refractivity contribution < 1.29 is 29.4 Å². The van der Waals surface area contributed by atoms with Crippen molar-refractivity contribution in [2.45, 2.75) is 28.7 Å². The Balaban J connectivity index is 1.48. The Bertz CT molecular complexity index is 1110. The molecule has 11 nitrogen and oxygen atoms in total. The highest BCUT2D eigenvalue weighted by Crippen LogP contribution is 2.41. The summed E-state index contributed by atoms with van der Waals surface area (Å²) in [5, 5.41) is 29.8. The van der Waals surface area contributed by atoms with Crippen molar-refractivity contribution in [3.05, 3.63) is 40.8 Å². The number of nitrogens with zero attached hydrogens (tertiary/aromatic N) is 4. The highest BCUT2D eigenvalue weighted by molar-refractivity contribution is 8.01. The van der Waals surface area contributed by atoms with E-state index in [-0.39, 0.29) is 5.70 Å². The maximum atomic E-state index is 12.8. The van der Waals surface area contributed by atoms with Gasteiger partial charge in [0.15, 0.2) is 4.34 Å². The minimum atomic E-state index is -1.53. The number of thioether (sulfide) groups is 2. The van der Waals surface area contributed by atoms with Gasteiger partial charge in [-0.2, -0.15) is 0 Å². The van der Waals surface area contributed by atoms with Crippen LogP contribution in [0.2, 0.25) is 0 Å². The van der Waals surface area contributed by atoms with E-state index in [1.807, 2.05) is 6.92 Å². The number of aromatic nitrogens is 3. The second-order valence-electron chi connectivity index (χ2n) is 6.90. The summed E-state index contributed by atoms with van der Waals surface area (Å²) in [4.78, 5) is 50.1. The SMILES string of the molecule is Cc1nnc(SCC2=C(C(=O)O)N3C(=O)C(NC(=O)C(C(=O)O)n4cccc4)C3SC2)s1. The fraction of sp³-hybridized carbons (Fsp3) is 0.333. The summed E-state index contributed by atoms with van der Waals surface area (Å²) < 4.78 is 1.93. The molecular weight excluding hydrogens is 478 g/mol. The Morgan fingerprint density at radius 3 is 2.59 bits per heavy atom. The monoisotopic (exact) mass is 495 g/mol. The number of aryl methyl sites for hydroxylation is 1. The van der Waals surface area contributed by atoms with Crippen molar-refractivity contribution in [1.29, 1.82) is 0 Å². The molecule has 4 heterocycles. The van der Waals surface area contributed by atoms with Crippen LogP contribution in [0.15, 0.2) is 40.1 Å². The van der Waals surface area contributed by atoms with Crippen molar-refractivity contribution in [3.8, 4) is 0 Å². The first-order valence-electron chi connectivity index (χ1n) is 9.26. The van der Waals surface area contributed by atoms with E-state index in [0.717, 1.165) is 9.91 Å². The van der Waals surface area contributed by atoms with E-state index in [4.69, 9.17) is 0 Å². The van der Waals surface area contributed by atoms with Crippen LogP contribution in [-0.4, -0.2) is 76.6 Å². The van der Waals surface area contributed by atoms with Crippen LogP contribution in [-0.2, 0) is 19.2 Å². The molecule has 3 atom stereocenters. The summed E-state index contributed by atoms with van der Waals surface area (Å²) in [7, 11) is 0. The molecule has 2 aliphatic rings. The van der Waals surface area contributed by atoms with E-state index in [2.05, 4.69) is 15.5 Å². The van der Waals surface area contributed by atoms with Gasteiger partial charge in [0, 0.05) is 23.9 Å². The summed E-state index contributed by atoms with van der Waals surface area (Å²) in [6.45, 7) is 1.82. The first-order chi connectivity index (χ1) is 15.3. The van der Waals surface area contributed by atoms with Crippen LogP contribution in [0.3, 0.4) is 0 Å². The van der Waals surface area contributed by atoms with Gasteiger partial charge in [0.2, 0.25) is 6.04 Å². The Morgan fingerprint density at radius 1 is 1.28 bits per heavy atom. The quantitative estimate of drug-likeness (QED) is 0.272. The maximum absolute atomic E-state index is 12.8. The van der Waals surface area contributed by atoms with E-state index in [9.17, 15) is 29.4 Å². The molecular formula is C18H17N5O6S3. The van der Waals surface area contributed by atoms with E-state index >= 15 is 0 Å². The summed E-state index contributed by atoms with van der Waals surface area (Å²) >= 11 is 4.07. The summed E-state index contributed by atoms with van der Waals surface area (Å²) in [6, 6.07) is 0.642. The molecule has 2 amide bonds. The molecule has 32 heavy (non-hydrogen) atoms. The van der Waals surface area contributed by atoms with Crippen molar-refractivity contribution in [2.75, 3.05) is 11.5 Å². The largest absolute Gasteiger partial charge is 0.479 e. The Kier molecular flexibility index (Phi) is 6.26. The number of aliphatic carboxylic acids is 2. The molecule has 2 aliphatic heterocycles. The van der Waals surface area contributed by atoms with E-state index in [1.54, 1.807) is 12.1 Å². The van der Waals surface area contributed by atoms with Gasteiger partial charge >= 0.3 is 11.9 Å². The summed E-state index contributed by atoms with van der Waals surface area (Å²) in [5.41, 5.74) is 0.476. The van der Waals surface area contributed by atoms with Crippen LogP contribution < -0.4 is 5.32 Å². The van der Waals surface area contributed by atoms with E-state index < -0.39 is 41.2 Å². The first-order valence-corrected chi connectivity index (χ1v) is 12.1. The third-order valence-electron chi connectivity index (χ3n) is 4.83. The van der Waals surface area contributed by atoms with Crippen LogP contribution >= 0.6 is 34.9 Å². The van der Waals surface area contributed by atoms with Gasteiger partial charge in [-0.25, -0.2) is 9.59 Å². The number of carboxylic acid groups (broad SMARTS) is 2. The lowest BCUT2D eigenvalue weighted by molar-refractivity contribution is -0.153. The molecule has 0 bridgehead atoms. The number of carboxylic acids is 2. The third-order valence-corrected chi connectivity index (χ3v) is 8.23. The van der Waals surface area contributed by atoms with Gasteiger partial charge in [-0.1, -0.05) is 23.1 Å². The average Bonchev–Trinajstić information content (AvgIpc) is 3.41. The molecule has 0 radical (unpaired) electrons. The topological polar surface area (TPSA) is 155 Å². The van der Waals surface area contributed by atoms with Gasteiger partial charge in [0.05, 0.1) is 0 Å². The number of carbonyl (C=O) groups is 4. The number of fused-ring (bicyclic) bond motifs is 1. The molecule has 0 aliphatic carbocycles. The summed E-state index contributed by atoms with van der Waals surface area (Å²) in [6.07, 6.45) is 2.88. The minimum absolute atomic E-state index is 0.0989. The first kappa shape index (κ1) is 22.4. The zero-order chi connectivity index (χ0) is 23.0. The van der Waals surface area contributed by atoms with Gasteiger partial charge in [-0.15, -0.1) is 22.0 Å². The van der Waals surface area contributed by atoms with E-state index in [0.29, 0.717) is 21.4 Å². The minimum Gasteiger partial charge on any atom is -0.479 e. The molecule has 1 saturated heterocycles. The Morgan fingerprint density at radius 2 is 2.00 bits per heavy atom. The van der Waals surface area contributed by atoms with Crippen LogP contribution in [0, 0.1) is 6.92 Å². The summed E-state index contributed by atoms with van der Waals surface area (Å²) in [5.74, 6) is -3.33. The third kappa shape index (κ3) is 4.12. The lowest BCUT2D eigenvalue weighted by atomic mass is 10.0. The zero-order valence-corrected chi connectivity index (χ0v) is 18.9. The van der Waals surface area contributed by atoms with Gasteiger partial charge in [0.25, 0.3) is 11.8 Å². The number of amides is 2. The van der Waals surface area contributed by atoms with Crippen molar-refractivity contribution >= 4 is 58.6 Å². The molecule has 3 N–H and O–H groups in total. The molecule has 0 saturated carbocycles. The average molecular weight is 496 g/mol. The van der Waals surface area contributed by atoms with Gasteiger partial charge in [-0.3, -0.25) is 14.5 Å². The maximum Gasteiger partial charge on any atom is 0.352 e. The molecule has 3 unspecified atom stereocenters. The second kappa shape index (κ2) is 8.96. The molecule has 2 aromatic heterocycles. The number of rotatable bonds is 8.